The third kappa shape index (κ3) is 4.80. The number of hydrogen-bond acceptors (Lipinski definition) is 8. The number of aromatic nitrogens is 6. The van der Waals surface area contributed by atoms with E-state index < -0.39 is 0 Å². The number of furan rings is 1. The Morgan fingerprint density at radius 2 is 1.79 bits per heavy atom. The summed E-state index contributed by atoms with van der Waals surface area (Å²) in [6, 6.07) is 14.3. The van der Waals surface area contributed by atoms with E-state index in [2.05, 4.69) is 62.0 Å². The van der Waals surface area contributed by atoms with E-state index in [9.17, 15) is 0 Å². The normalized spacial score (nSPS) is 14.2. The Morgan fingerprint density at radius 1 is 0.947 bits per heavy atom. The van der Waals surface area contributed by atoms with Crippen molar-refractivity contribution in [2.75, 3.05) is 51.8 Å². The fraction of sp³-hybridized carbons (Fsp3) is 0.357. The third-order valence-corrected chi connectivity index (χ3v) is 6.75. The van der Waals surface area contributed by atoms with Crippen LogP contribution in [0.4, 0.5) is 5.82 Å². The van der Waals surface area contributed by atoms with Crippen molar-refractivity contribution in [3.8, 4) is 28.7 Å². The van der Waals surface area contributed by atoms with Gasteiger partial charge in [-0.05, 0) is 46.1 Å². The van der Waals surface area contributed by atoms with Gasteiger partial charge in [0.1, 0.15) is 11.2 Å². The van der Waals surface area contributed by atoms with Crippen LogP contribution in [0.1, 0.15) is 11.3 Å². The SMILES string of the molecule is Cc1cccc(-c2ccn(-c3nc(N4CCOCC4)c4oc(-c5cc(C)n(CCN(C)C)n5)cc4n3)n2)c1. The summed E-state index contributed by atoms with van der Waals surface area (Å²) in [6.07, 6.45) is 1.90. The zero-order valence-corrected chi connectivity index (χ0v) is 22.3. The second-order valence-electron chi connectivity index (χ2n) is 9.98. The predicted octanol–water partition coefficient (Wildman–Crippen LogP) is 3.95. The zero-order chi connectivity index (χ0) is 26.2. The lowest BCUT2D eigenvalue weighted by Crippen LogP contribution is -2.37. The van der Waals surface area contributed by atoms with Gasteiger partial charge in [0, 0.05) is 43.2 Å². The molecule has 0 aliphatic carbocycles. The molecule has 38 heavy (non-hydrogen) atoms. The van der Waals surface area contributed by atoms with Crippen molar-refractivity contribution in [2.45, 2.75) is 20.4 Å². The summed E-state index contributed by atoms with van der Waals surface area (Å²) in [4.78, 5) is 14.1. The van der Waals surface area contributed by atoms with Crippen LogP contribution >= 0.6 is 0 Å². The molecule has 4 aromatic heterocycles. The van der Waals surface area contributed by atoms with E-state index in [1.807, 2.05) is 29.1 Å². The number of hydrogen-bond donors (Lipinski definition) is 0. The number of anilines is 1. The molecule has 6 rings (SSSR count). The molecule has 1 aliphatic rings. The summed E-state index contributed by atoms with van der Waals surface area (Å²) < 4.78 is 15.7. The van der Waals surface area contributed by atoms with Gasteiger partial charge in [0.15, 0.2) is 17.2 Å². The molecule has 0 spiro atoms. The molecule has 0 atom stereocenters. The van der Waals surface area contributed by atoms with E-state index in [-0.39, 0.29) is 0 Å². The van der Waals surface area contributed by atoms with Crippen LogP contribution in [0.5, 0.6) is 0 Å². The van der Waals surface area contributed by atoms with Gasteiger partial charge in [-0.1, -0.05) is 23.8 Å². The molecule has 0 saturated carbocycles. The number of aryl methyl sites for hydroxylation is 2. The van der Waals surface area contributed by atoms with Crippen LogP contribution in [0.25, 0.3) is 39.8 Å². The van der Waals surface area contributed by atoms with E-state index >= 15 is 0 Å². The Bertz CT molecular complexity index is 1580. The smallest absolute Gasteiger partial charge is 0.253 e. The van der Waals surface area contributed by atoms with Crippen molar-refractivity contribution in [1.29, 1.82) is 0 Å². The zero-order valence-electron chi connectivity index (χ0n) is 22.3. The minimum Gasteiger partial charge on any atom is -0.449 e. The van der Waals surface area contributed by atoms with Crippen LogP contribution < -0.4 is 4.90 Å². The van der Waals surface area contributed by atoms with Crippen molar-refractivity contribution in [1.82, 2.24) is 34.4 Å². The lowest BCUT2D eigenvalue weighted by atomic mass is 10.1. The summed E-state index contributed by atoms with van der Waals surface area (Å²) in [5.41, 5.74) is 6.37. The van der Waals surface area contributed by atoms with Gasteiger partial charge in [-0.2, -0.15) is 15.2 Å². The number of rotatable bonds is 7. The first-order chi connectivity index (χ1) is 18.4. The van der Waals surface area contributed by atoms with E-state index in [0.29, 0.717) is 30.5 Å². The van der Waals surface area contributed by atoms with Gasteiger partial charge in [0.25, 0.3) is 5.95 Å². The summed E-state index contributed by atoms with van der Waals surface area (Å²) in [5, 5.41) is 9.61. The highest BCUT2D eigenvalue weighted by Gasteiger charge is 2.23. The molecular weight excluding hydrogens is 480 g/mol. The van der Waals surface area contributed by atoms with Crippen molar-refractivity contribution in [3.63, 3.8) is 0 Å². The molecule has 1 aromatic carbocycles. The van der Waals surface area contributed by atoms with Gasteiger partial charge < -0.3 is 19.0 Å². The maximum absolute atomic E-state index is 6.39. The van der Waals surface area contributed by atoms with Gasteiger partial charge in [-0.25, -0.2) is 9.67 Å². The summed E-state index contributed by atoms with van der Waals surface area (Å²) in [6.45, 7) is 8.61. The molecule has 10 heteroatoms. The molecular formula is C28H32N8O2. The Kier molecular flexibility index (Phi) is 6.42. The number of morpholine rings is 1. The molecule has 10 nitrogen and oxygen atoms in total. The van der Waals surface area contributed by atoms with Crippen molar-refractivity contribution < 1.29 is 9.15 Å². The second-order valence-corrected chi connectivity index (χ2v) is 9.98. The summed E-state index contributed by atoms with van der Waals surface area (Å²) in [5.74, 6) is 1.92. The standard InChI is InChI=1S/C28H32N8O2/c1-19-6-5-7-21(16-19)22-8-9-36(31-22)28-29-24-18-25(23-17-20(2)35(32-23)11-10-33(3)4)38-26(24)27(30-28)34-12-14-37-15-13-34/h5-9,16-18H,10-15H2,1-4H3. The highest BCUT2D eigenvalue weighted by Crippen LogP contribution is 2.33. The van der Waals surface area contributed by atoms with Gasteiger partial charge in [0.2, 0.25) is 0 Å². The van der Waals surface area contributed by atoms with Crippen LogP contribution in [0.15, 0.2) is 53.1 Å². The molecule has 196 valence electrons. The fourth-order valence-electron chi connectivity index (χ4n) is 4.67. The van der Waals surface area contributed by atoms with Crippen LogP contribution in [-0.4, -0.2) is 81.4 Å². The molecule has 0 radical (unpaired) electrons. The first-order valence-corrected chi connectivity index (χ1v) is 12.9. The maximum Gasteiger partial charge on any atom is 0.253 e. The van der Waals surface area contributed by atoms with Crippen molar-refractivity contribution in [3.05, 3.63) is 59.9 Å². The number of benzene rings is 1. The first kappa shape index (κ1) is 24.3. The number of fused-ring (bicyclic) bond motifs is 1. The van der Waals surface area contributed by atoms with Gasteiger partial charge in [-0.3, -0.25) is 4.68 Å². The van der Waals surface area contributed by atoms with Gasteiger partial charge >= 0.3 is 0 Å². The molecule has 0 N–H and O–H groups in total. The quantitative estimate of drug-likeness (QED) is 0.324. The molecule has 1 aliphatic heterocycles. The average molecular weight is 513 g/mol. The lowest BCUT2D eigenvalue weighted by Gasteiger charge is -2.27. The average Bonchev–Trinajstić information content (AvgIpc) is 3.65. The van der Waals surface area contributed by atoms with E-state index in [1.165, 1.54) is 5.56 Å². The maximum atomic E-state index is 6.39. The Balaban J connectivity index is 1.41. The molecule has 5 heterocycles. The molecule has 1 saturated heterocycles. The Hall–Kier alpha value is -4.02. The number of ether oxygens (including phenoxy) is 1. The van der Waals surface area contributed by atoms with E-state index in [4.69, 9.17) is 29.3 Å². The third-order valence-electron chi connectivity index (χ3n) is 6.75. The van der Waals surface area contributed by atoms with Crippen LogP contribution in [-0.2, 0) is 11.3 Å². The highest BCUT2D eigenvalue weighted by molar-refractivity contribution is 5.88. The van der Waals surface area contributed by atoms with Gasteiger partial charge in [-0.15, -0.1) is 0 Å². The molecule has 0 unspecified atom stereocenters. The van der Waals surface area contributed by atoms with Crippen molar-refractivity contribution >= 4 is 16.9 Å². The second kappa shape index (κ2) is 10.0. The lowest BCUT2D eigenvalue weighted by molar-refractivity contribution is 0.122. The molecule has 0 bridgehead atoms. The number of nitrogens with zero attached hydrogens (tertiary/aromatic N) is 8. The topological polar surface area (TPSA) is 90.3 Å². The minimum absolute atomic E-state index is 0.498. The Labute approximate surface area is 221 Å². The minimum atomic E-state index is 0.498. The number of likely N-dealkylation sites (N-methyl/N-ethyl adjacent to an activating group) is 1. The van der Waals surface area contributed by atoms with Gasteiger partial charge in [0.05, 0.1) is 25.5 Å². The van der Waals surface area contributed by atoms with Crippen molar-refractivity contribution in [2.24, 2.45) is 0 Å². The summed E-state index contributed by atoms with van der Waals surface area (Å²) in [7, 11) is 4.12. The molecule has 0 amide bonds. The highest BCUT2D eigenvalue weighted by atomic mass is 16.5. The first-order valence-electron chi connectivity index (χ1n) is 12.9. The van der Waals surface area contributed by atoms with E-state index in [1.54, 1.807) is 4.68 Å². The molecule has 5 aromatic rings. The Morgan fingerprint density at radius 3 is 2.58 bits per heavy atom. The summed E-state index contributed by atoms with van der Waals surface area (Å²) >= 11 is 0. The monoisotopic (exact) mass is 512 g/mol. The largest absolute Gasteiger partial charge is 0.449 e. The predicted molar refractivity (Wildman–Crippen MR) is 147 cm³/mol. The fourth-order valence-corrected chi connectivity index (χ4v) is 4.67. The molecule has 1 fully saturated rings. The van der Waals surface area contributed by atoms with Crippen LogP contribution in [0, 0.1) is 13.8 Å². The van der Waals surface area contributed by atoms with Crippen LogP contribution in [0.2, 0.25) is 0 Å². The van der Waals surface area contributed by atoms with Crippen LogP contribution in [0.3, 0.4) is 0 Å². The van der Waals surface area contributed by atoms with E-state index in [0.717, 1.165) is 60.2 Å².